The summed E-state index contributed by atoms with van der Waals surface area (Å²) in [6, 6.07) is 12.8. The lowest BCUT2D eigenvalue weighted by atomic mass is 9.70. The molecule has 8 nitrogen and oxygen atoms in total. The van der Waals surface area contributed by atoms with Crippen LogP contribution in [0.2, 0.25) is 0 Å². The van der Waals surface area contributed by atoms with E-state index in [9.17, 15) is 18.2 Å². The first-order valence-electron chi connectivity index (χ1n) is 9.68. The zero-order valence-electron chi connectivity index (χ0n) is 16.8. The number of sulfonamides is 1. The molecule has 0 saturated heterocycles. The van der Waals surface area contributed by atoms with Crippen molar-refractivity contribution in [1.29, 1.82) is 0 Å². The predicted molar refractivity (Wildman–Crippen MR) is 121 cm³/mol. The smallest absolute Gasteiger partial charge is 0.427 e. The van der Waals surface area contributed by atoms with Crippen LogP contribution in [0.1, 0.15) is 22.6 Å². The van der Waals surface area contributed by atoms with Crippen LogP contribution in [-0.2, 0) is 21.2 Å². The molecule has 0 saturated carbocycles. The quantitative estimate of drug-likeness (QED) is 0.539. The highest BCUT2D eigenvalue weighted by Gasteiger charge is 2.35. The van der Waals surface area contributed by atoms with Gasteiger partial charge in [0, 0.05) is 30.7 Å². The lowest BCUT2D eigenvalue weighted by Gasteiger charge is -2.25. The molecule has 4 rings (SSSR count). The van der Waals surface area contributed by atoms with Gasteiger partial charge in [-0.25, -0.2) is 12.7 Å². The van der Waals surface area contributed by atoms with Gasteiger partial charge in [-0.3, -0.25) is 9.78 Å². The Balaban J connectivity index is 1.61. The summed E-state index contributed by atoms with van der Waals surface area (Å²) >= 11 is 0. The summed E-state index contributed by atoms with van der Waals surface area (Å²) < 4.78 is 24.4. The van der Waals surface area contributed by atoms with Crippen molar-refractivity contribution in [1.82, 2.24) is 9.31 Å². The number of carbonyl (C=O) groups is 1. The Bertz CT molecular complexity index is 1300. The molecule has 0 unspecified atom stereocenters. The van der Waals surface area contributed by atoms with E-state index >= 15 is 0 Å². The van der Waals surface area contributed by atoms with Gasteiger partial charge in [0.25, 0.3) is 0 Å². The Labute approximate surface area is 180 Å². The monoisotopic (exact) mass is 436 g/mol. The third kappa shape index (κ3) is 4.22. The minimum Gasteiger partial charge on any atom is -0.427 e. The maximum Gasteiger partial charge on any atom is 0.484 e. The van der Waals surface area contributed by atoms with Crippen molar-refractivity contribution < 1.29 is 18.2 Å². The molecule has 0 aliphatic carbocycles. The minimum absolute atomic E-state index is 0.0604. The molecule has 1 aliphatic rings. The van der Waals surface area contributed by atoms with Gasteiger partial charge in [0.1, 0.15) is 5.78 Å². The maximum atomic E-state index is 13.1. The van der Waals surface area contributed by atoms with Crippen molar-refractivity contribution in [2.24, 2.45) is 10.8 Å². The summed E-state index contributed by atoms with van der Waals surface area (Å²) in [5, 5.41) is 16.3. The maximum absolute atomic E-state index is 13.1. The number of rotatable bonds is 6. The fraction of sp³-hybridized carbons (Fsp3) is 0.190. The second kappa shape index (κ2) is 8.22. The molecule has 3 aromatic rings. The number of nitrogens with zero attached hydrogens (tertiary/aromatic N) is 3. The summed E-state index contributed by atoms with van der Waals surface area (Å²) in [4.78, 5) is 17.2. The van der Waals surface area contributed by atoms with E-state index in [-0.39, 0.29) is 18.7 Å². The normalized spacial score (nSPS) is 14.5. The van der Waals surface area contributed by atoms with E-state index in [0.29, 0.717) is 20.9 Å². The number of hydrogen-bond donors (Lipinski definition) is 2. The van der Waals surface area contributed by atoms with Crippen molar-refractivity contribution in [3.63, 3.8) is 0 Å². The highest BCUT2D eigenvalue weighted by Crippen LogP contribution is 2.22. The number of fused-ring (bicyclic) bond motifs is 2. The first-order valence-corrected chi connectivity index (χ1v) is 11.5. The first-order chi connectivity index (χ1) is 14.8. The molecule has 1 aliphatic heterocycles. The van der Waals surface area contributed by atoms with Crippen molar-refractivity contribution in [3.8, 4) is 0 Å². The molecule has 10 heteroatoms. The lowest BCUT2D eigenvalue weighted by Crippen LogP contribution is -2.52. The second-order valence-electron chi connectivity index (χ2n) is 7.53. The standard InChI is InChI=1S/C21H21BN4O4S/c1-31(29,30)26-22(28)20-10-16(4-5-18(20)13-25-26)19(11-23)21(27)9-14-2-3-17-12-24-7-6-15(17)8-14/h2-8,10,12-13,19,28H,9,11,23H2,1H3/t19-/m1/s1. The molecule has 2 aromatic carbocycles. The van der Waals surface area contributed by atoms with E-state index in [1.165, 1.54) is 6.21 Å². The highest BCUT2D eigenvalue weighted by molar-refractivity contribution is 7.89. The zero-order valence-corrected chi connectivity index (χ0v) is 17.7. The molecule has 3 N–H and O–H groups in total. The molecular formula is C21H21BN4O4S. The average Bonchev–Trinajstić information content (AvgIpc) is 2.74. The summed E-state index contributed by atoms with van der Waals surface area (Å²) in [7, 11) is -5.20. The van der Waals surface area contributed by atoms with Crippen LogP contribution in [0.25, 0.3) is 10.8 Å². The average molecular weight is 436 g/mol. The fourth-order valence-electron chi connectivity index (χ4n) is 3.74. The first kappa shape index (κ1) is 21.2. The highest BCUT2D eigenvalue weighted by atomic mass is 32.2. The number of nitrogens with two attached hydrogens (primary N) is 1. The van der Waals surface area contributed by atoms with Crippen molar-refractivity contribution >= 4 is 45.3 Å². The molecule has 0 spiro atoms. The summed E-state index contributed by atoms with van der Waals surface area (Å²) in [6.45, 7) is 0.0924. The van der Waals surface area contributed by atoms with Crippen LogP contribution in [-0.4, -0.2) is 54.6 Å². The van der Waals surface area contributed by atoms with E-state index in [1.54, 1.807) is 30.6 Å². The van der Waals surface area contributed by atoms with Gasteiger partial charge < -0.3 is 10.8 Å². The Hall–Kier alpha value is -3.08. The van der Waals surface area contributed by atoms with Gasteiger partial charge in [0.2, 0.25) is 10.0 Å². The number of ketones is 1. The van der Waals surface area contributed by atoms with Crippen molar-refractivity contribution in [2.75, 3.05) is 12.8 Å². The van der Waals surface area contributed by atoms with E-state index in [1.807, 2.05) is 24.3 Å². The molecule has 2 heterocycles. The van der Waals surface area contributed by atoms with Gasteiger partial charge in [0.05, 0.1) is 18.4 Å². The van der Waals surface area contributed by atoms with Gasteiger partial charge in [-0.05, 0) is 33.6 Å². The van der Waals surface area contributed by atoms with Crippen LogP contribution >= 0.6 is 0 Å². The molecule has 0 radical (unpaired) electrons. The minimum atomic E-state index is -3.74. The van der Waals surface area contributed by atoms with Crippen molar-refractivity contribution in [2.45, 2.75) is 12.3 Å². The van der Waals surface area contributed by atoms with E-state index in [2.05, 4.69) is 10.1 Å². The van der Waals surface area contributed by atoms with Crippen LogP contribution in [0.15, 0.2) is 60.0 Å². The molecule has 0 fully saturated rings. The number of hydrazone groups is 1. The summed E-state index contributed by atoms with van der Waals surface area (Å²) in [5.41, 5.74) is 8.38. The van der Waals surface area contributed by atoms with Crippen LogP contribution in [0.5, 0.6) is 0 Å². The van der Waals surface area contributed by atoms with E-state index < -0.39 is 23.0 Å². The third-order valence-electron chi connectivity index (χ3n) is 5.36. The van der Waals surface area contributed by atoms with Crippen LogP contribution in [0, 0.1) is 0 Å². The van der Waals surface area contributed by atoms with Gasteiger partial charge in [-0.2, -0.15) is 5.10 Å². The number of benzene rings is 2. The SMILES string of the molecule is CS(=O)(=O)N1N=Cc2ccc([C@@H](CN)C(=O)Cc3ccc4cnccc4c3)cc2B1O. The molecule has 0 bridgehead atoms. The Kier molecular flexibility index (Phi) is 5.61. The van der Waals surface area contributed by atoms with Crippen LogP contribution in [0.4, 0.5) is 0 Å². The topological polar surface area (TPSA) is 126 Å². The van der Waals surface area contributed by atoms with Gasteiger partial charge in [-0.15, -0.1) is 0 Å². The number of pyridine rings is 1. The Morgan fingerprint density at radius 2 is 2.00 bits per heavy atom. The molecule has 1 aromatic heterocycles. The second-order valence-corrected chi connectivity index (χ2v) is 9.37. The molecule has 1 atom stereocenters. The van der Waals surface area contributed by atoms with Gasteiger partial charge in [0.15, 0.2) is 0 Å². The van der Waals surface area contributed by atoms with Crippen LogP contribution in [0.3, 0.4) is 0 Å². The summed E-state index contributed by atoms with van der Waals surface area (Å²) in [6.07, 6.45) is 6.02. The third-order valence-corrected chi connectivity index (χ3v) is 6.33. The number of Topliss-reactive ketones (excluding diaryl/α,β-unsaturated/α-hetero) is 1. The van der Waals surface area contributed by atoms with Crippen molar-refractivity contribution in [3.05, 3.63) is 71.5 Å². The number of hydrogen-bond acceptors (Lipinski definition) is 7. The van der Waals surface area contributed by atoms with Gasteiger partial charge >= 0.3 is 7.05 Å². The van der Waals surface area contributed by atoms with E-state index in [4.69, 9.17) is 5.73 Å². The van der Waals surface area contributed by atoms with E-state index in [0.717, 1.165) is 22.6 Å². The molecule has 0 amide bonds. The zero-order chi connectivity index (χ0) is 22.2. The summed E-state index contributed by atoms with van der Waals surface area (Å²) in [5.74, 6) is -0.647. The number of carbonyl (C=O) groups excluding carboxylic acids is 1. The Morgan fingerprint density at radius 1 is 1.19 bits per heavy atom. The Morgan fingerprint density at radius 3 is 2.74 bits per heavy atom. The molecule has 31 heavy (non-hydrogen) atoms. The predicted octanol–water partition coefficient (Wildman–Crippen LogP) is 0.385. The molecule has 158 valence electrons. The van der Waals surface area contributed by atoms with Crippen LogP contribution < -0.4 is 11.2 Å². The lowest BCUT2D eigenvalue weighted by molar-refractivity contribution is -0.119. The fourth-order valence-corrected chi connectivity index (χ4v) is 4.43. The van der Waals surface area contributed by atoms with Gasteiger partial charge in [-0.1, -0.05) is 36.4 Å². The largest absolute Gasteiger partial charge is 0.484 e. The number of aromatic nitrogens is 1. The molecular weight excluding hydrogens is 415 g/mol.